The Bertz CT molecular complexity index is 426. The second kappa shape index (κ2) is 5.41. The monoisotopic (exact) mass is 240 g/mol. The van der Waals surface area contributed by atoms with E-state index in [-0.39, 0.29) is 12.5 Å². The first kappa shape index (κ1) is 12.4. The predicted molar refractivity (Wildman–Crippen MR) is 61.6 cm³/mol. The number of aryl methyl sites for hydroxylation is 1. The summed E-state index contributed by atoms with van der Waals surface area (Å²) in [5.41, 5.74) is 0.544. The Balaban J connectivity index is 2.80. The van der Waals surface area contributed by atoms with Crippen LogP contribution in [0.1, 0.15) is 22.3 Å². The molecule has 1 rings (SSSR count). The van der Waals surface area contributed by atoms with Gasteiger partial charge in [-0.05, 0) is 6.92 Å². The summed E-state index contributed by atoms with van der Waals surface area (Å²) < 4.78 is 4.88. The van der Waals surface area contributed by atoms with Gasteiger partial charge in [-0.15, -0.1) is 0 Å². The molecule has 0 fully saturated rings. The van der Waals surface area contributed by atoms with Crippen LogP contribution in [0.15, 0.2) is 12.7 Å². The molecule has 1 N–H and O–H groups in total. The Morgan fingerprint density at radius 3 is 2.88 bits per heavy atom. The fourth-order valence-electron chi connectivity index (χ4n) is 0.990. The molecule has 1 heterocycles. The van der Waals surface area contributed by atoms with Gasteiger partial charge >= 0.3 is 5.97 Å². The van der Waals surface area contributed by atoms with Gasteiger partial charge in [0, 0.05) is 6.92 Å². The minimum absolute atomic E-state index is 0.158. The third-order valence-corrected chi connectivity index (χ3v) is 2.65. The molecule has 5 nitrogen and oxygen atoms in total. The van der Waals surface area contributed by atoms with E-state index in [1.807, 2.05) is 0 Å². The van der Waals surface area contributed by atoms with Gasteiger partial charge < -0.3 is 10.1 Å². The number of hydrogen-bond acceptors (Lipinski definition) is 5. The summed E-state index contributed by atoms with van der Waals surface area (Å²) in [5.74, 6) is -0.675. The lowest BCUT2D eigenvalue weighted by molar-refractivity contribution is -0.114. The maximum absolute atomic E-state index is 11.5. The number of carbonyl (C=O) groups is 2. The summed E-state index contributed by atoms with van der Waals surface area (Å²) in [7, 11) is 0. The molecule has 0 saturated heterocycles. The fraction of sp³-hybridized carbons (Fsp3) is 0.300. The summed E-state index contributed by atoms with van der Waals surface area (Å²) in [5, 5.41) is 2.92. The lowest BCUT2D eigenvalue weighted by atomic mass is 10.4. The molecule has 0 aliphatic rings. The number of amides is 1. The standard InChI is InChI=1S/C10H12N2O3S/c1-4-5-15-9(14)8-6(2)11-10(16-8)12-7(3)13/h4H,1,5H2,2-3H3,(H,11,12,13). The van der Waals surface area contributed by atoms with Gasteiger partial charge in [-0.3, -0.25) is 4.79 Å². The largest absolute Gasteiger partial charge is 0.457 e. The van der Waals surface area contributed by atoms with Crippen LogP contribution in [-0.4, -0.2) is 23.5 Å². The maximum atomic E-state index is 11.5. The summed E-state index contributed by atoms with van der Waals surface area (Å²) in [4.78, 5) is 26.7. The van der Waals surface area contributed by atoms with E-state index in [0.29, 0.717) is 15.7 Å². The van der Waals surface area contributed by atoms with Crippen LogP contribution in [0.5, 0.6) is 0 Å². The average Bonchev–Trinajstić information content (AvgIpc) is 2.54. The van der Waals surface area contributed by atoms with E-state index >= 15 is 0 Å². The molecule has 0 radical (unpaired) electrons. The van der Waals surface area contributed by atoms with E-state index < -0.39 is 5.97 Å². The van der Waals surface area contributed by atoms with Gasteiger partial charge in [-0.2, -0.15) is 0 Å². The Kier molecular flexibility index (Phi) is 4.19. The van der Waals surface area contributed by atoms with Crippen LogP contribution in [0.2, 0.25) is 0 Å². The molecule has 0 aromatic carbocycles. The molecule has 1 aromatic heterocycles. The van der Waals surface area contributed by atoms with Gasteiger partial charge in [0.15, 0.2) is 5.13 Å². The molecule has 1 amide bonds. The van der Waals surface area contributed by atoms with Crippen molar-refractivity contribution in [3.8, 4) is 0 Å². The predicted octanol–water partition coefficient (Wildman–Crippen LogP) is 1.75. The van der Waals surface area contributed by atoms with Crippen molar-refractivity contribution in [1.29, 1.82) is 0 Å². The second-order valence-electron chi connectivity index (χ2n) is 3.00. The van der Waals surface area contributed by atoms with Crippen molar-refractivity contribution >= 4 is 28.3 Å². The van der Waals surface area contributed by atoms with E-state index in [9.17, 15) is 9.59 Å². The zero-order chi connectivity index (χ0) is 12.1. The molecule has 0 saturated carbocycles. The van der Waals surface area contributed by atoms with E-state index in [4.69, 9.17) is 4.74 Å². The first-order chi connectivity index (χ1) is 7.54. The molecule has 0 aliphatic heterocycles. The number of ether oxygens (including phenoxy) is 1. The fourth-order valence-corrected chi connectivity index (χ4v) is 1.90. The highest BCUT2D eigenvalue weighted by molar-refractivity contribution is 7.17. The van der Waals surface area contributed by atoms with Gasteiger partial charge in [-0.1, -0.05) is 24.0 Å². The highest BCUT2D eigenvalue weighted by Crippen LogP contribution is 2.23. The molecular formula is C10H12N2O3S. The van der Waals surface area contributed by atoms with Gasteiger partial charge in [0.1, 0.15) is 11.5 Å². The number of hydrogen-bond donors (Lipinski definition) is 1. The molecule has 86 valence electrons. The Morgan fingerprint density at radius 2 is 2.31 bits per heavy atom. The average molecular weight is 240 g/mol. The Labute approximate surface area is 97.1 Å². The second-order valence-corrected chi connectivity index (χ2v) is 4.00. The highest BCUT2D eigenvalue weighted by Gasteiger charge is 2.16. The number of anilines is 1. The summed E-state index contributed by atoms with van der Waals surface area (Å²) >= 11 is 1.09. The van der Waals surface area contributed by atoms with Gasteiger partial charge in [0.25, 0.3) is 0 Å². The molecule has 6 heteroatoms. The number of carbonyl (C=O) groups excluding carboxylic acids is 2. The number of nitrogens with zero attached hydrogens (tertiary/aromatic N) is 1. The minimum Gasteiger partial charge on any atom is -0.457 e. The van der Waals surface area contributed by atoms with Crippen molar-refractivity contribution < 1.29 is 14.3 Å². The molecule has 0 unspecified atom stereocenters. The zero-order valence-corrected chi connectivity index (χ0v) is 9.89. The van der Waals surface area contributed by atoms with Crippen LogP contribution in [0, 0.1) is 6.92 Å². The number of esters is 1. The van der Waals surface area contributed by atoms with Crippen molar-refractivity contribution in [3.63, 3.8) is 0 Å². The lowest BCUT2D eigenvalue weighted by Crippen LogP contribution is -2.04. The zero-order valence-electron chi connectivity index (χ0n) is 9.07. The Hall–Kier alpha value is -1.69. The highest BCUT2D eigenvalue weighted by atomic mass is 32.1. The van der Waals surface area contributed by atoms with Crippen molar-refractivity contribution in [2.24, 2.45) is 0 Å². The molecule has 0 spiro atoms. The SMILES string of the molecule is C=CCOC(=O)c1sc(NC(C)=O)nc1C. The summed E-state index contributed by atoms with van der Waals surface area (Å²) in [6, 6.07) is 0. The lowest BCUT2D eigenvalue weighted by Gasteiger charge is -1.98. The van der Waals surface area contributed by atoms with Crippen LogP contribution in [0.4, 0.5) is 5.13 Å². The van der Waals surface area contributed by atoms with Gasteiger partial charge in [0.2, 0.25) is 5.91 Å². The summed E-state index contributed by atoms with van der Waals surface area (Å²) in [6.07, 6.45) is 1.49. The van der Waals surface area contributed by atoms with Gasteiger partial charge in [0.05, 0.1) is 5.69 Å². The van der Waals surface area contributed by atoms with E-state index in [0.717, 1.165) is 11.3 Å². The number of aromatic nitrogens is 1. The van der Waals surface area contributed by atoms with Crippen LogP contribution in [-0.2, 0) is 9.53 Å². The van der Waals surface area contributed by atoms with Crippen LogP contribution in [0.25, 0.3) is 0 Å². The van der Waals surface area contributed by atoms with Crippen LogP contribution < -0.4 is 5.32 Å². The molecule has 1 aromatic rings. The molecule has 16 heavy (non-hydrogen) atoms. The van der Waals surface area contributed by atoms with E-state index in [2.05, 4.69) is 16.9 Å². The van der Waals surface area contributed by atoms with Crippen molar-refractivity contribution in [2.75, 3.05) is 11.9 Å². The third-order valence-electron chi connectivity index (χ3n) is 1.60. The maximum Gasteiger partial charge on any atom is 0.350 e. The van der Waals surface area contributed by atoms with E-state index in [1.165, 1.54) is 13.0 Å². The van der Waals surface area contributed by atoms with Crippen molar-refractivity contribution in [3.05, 3.63) is 23.2 Å². The minimum atomic E-state index is -0.452. The summed E-state index contributed by atoms with van der Waals surface area (Å²) in [6.45, 7) is 6.67. The first-order valence-corrected chi connectivity index (χ1v) is 5.39. The van der Waals surface area contributed by atoms with Crippen molar-refractivity contribution in [2.45, 2.75) is 13.8 Å². The Morgan fingerprint density at radius 1 is 1.62 bits per heavy atom. The normalized spacial score (nSPS) is 9.62. The first-order valence-electron chi connectivity index (χ1n) is 4.57. The molecule has 0 atom stereocenters. The number of thiazole rings is 1. The number of rotatable bonds is 4. The number of nitrogens with one attached hydrogen (secondary N) is 1. The smallest absolute Gasteiger partial charge is 0.350 e. The van der Waals surface area contributed by atoms with Crippen LogP contribution >= 0.6 is 11.3 Å². The van der Waals surface area contributed by atoms with Crippen LogP contribution in [0.3, 0.4) is 0 Å². The van der Waals surface area contributed by atoms with Gasteiger partial charge in [-0.25, -0.2) is 9.78 Å². The molecule has 0 bridgehead atoms. The molecule has 0 aliphatic carbocycles. The van der Waals surface area contributed by atoms with E-state index in [1.54, 1.807) is 6.92 Å². The van der Waals surface area contributed by atoms with Crippen molar-refractivity contribution in [1.82, 2.24) is 4.98 Å². The third kappa shape index (κ3) is 3.16. The molecular weight excluding hydrogens is 228 g/mol. The quantitative estimate of drug-likeness (QED) is 0.643. The topological polar surface area (TPSA) is 68.3 Å².